The summed E-state index contributed by atoms with van der Waals surface area (Å²) in [7, 11) is 0. The molecule has 0 saturated heterocycles. The summed E-state index contributed by atoms with van der Waals surface area (Å²) in [5, 5.41) is 0. The summed E-state index contributed by atoms with van der Waals surface area (Å²) in [6, 6.07) is 0. The molecule has 1 heteroatoms. The van der Waals surface area contributed by atoms with E-state index in [0.717, 1.165) is 12.0 Å². The minimum atomic E-state index is 0.154. The van der Waals surface area contributed by atoms with Gasteiger partial charge in [-0.3, -0.25) is 4.79 Å². The fourth-order valence-electron chi connectivity index (χ4n) is 0.875. The van der Waals surface area contributed by atoms with Gasteiger partial charge in [0.2, 0.25) is 0 Å². The molecule has 0 saturated carbocycles. The molecule has 0 aromatic heterocycles. The summed E-state index contributed by atoms with van der Waals surface area (Å²) < 4.78 is 0. The quantitative estimate of drug-likeness (QED) is 0.447. The van der Waals surface area contributed by atoms with Crippen molar-refractivity contribution in [3.8, 4) is 0 Å². The molecule has 0 fully saturated rings. The van der Waals surface area contributed by atoms with Crippen molar-refractivity contribution >= 4 is 5.78 Å². The van der Waals surface area contributed by atoms with Crippen LogP contribution in [0.2, 0.25) is 0 Å². The smallest absolute Gasteiger partial charge is 0.155 e. The van der Waals surface area contributed by atoms with Gasteiger partial charge in [-0.1, -0.05) is 19.1 Å². The normalized spacial score (nSPS) is 14.3. The molecule has 1 atom stereocenters. The number of carbonyl (C=O) groups excluding carboxylic acids is 1. The second kappa shape index (κ2) is 4.89. The molecule has 0 aliphatic heterocycles. The summed E-state index contributed by atoms with van der Waals surface area (Å²) in [6.07, 6.45) is 4.79. The van der Waals surface area contributed by atoms with Crippen molar-refractivity contribution in [2.45, 2.75) is 27.2 Å². The molecule has 11 heavy (non-hydrogen) atoms. The predicted octanol–water partition coefficient (Wildman–Crippen LogP) is 2.73. The van der Waals surface area contributed by atoms with E-state index in [1.807, 2.05) is 19.1 Å². The monoisotopic (exact) mass is 152 g/mol. The summed E-state index contributed by atoms with van der Waals surface area (Å²) in [4.78, 5) is 10.8. The van der Waals surface area contributed by atoms with E-state index in [9.17, 15) is 4.79 Å². The van der Waals surface area contributed by atoms with Crippen molar-refractivity contribution < 1.29 is 4.79 Å². The molecule has 0 N–H and O–H groups in total. The Labute approximate surface area is 68.8 Å². The Hall–Kier alpha value is -0.850. The number of rotatable bonds is 4. The maximum Gasteiger partial charge on any atom is 0.155 e. The molecule has 0 aliphatic rings. The van der Waals surface area contributed by atoms with Crippen LogP contribution in [0.15, 0.2) is 24.3 Å². The second-order valence-corrected chi connectivity index (χ2v) is 2.91. The lowest BCUT2D eigenvalue weighted by Crippen LogP contribution is -1.95. The van der Waals surface area contributed by atoms with Gasteiger partial charge in [0, 0.05) is 0 Å². The van der Waals surface area contributed by atoms with Gasteiger partial charge in [-0.2, -0.15) is 0 Å². The Kier molecular flexibility index (Phi) is 4.51. The van der Waals surface area contributed by atoms with Crippen molar-refractivity contribution in [2.24, 2.45) is 5.92 Å². The molecule has 0 bridgehead atoms. The van der Waals surface area contributed by atoms with Crippen molar-refractivity contribution in [3.05, 3.63) is 24.3 Å². The largest absolute Gasteiger partial charge is 0.295 e. The summed E-state index contributed by atoms with van der Waals surface area (Å²) in [5.41, 5.74) is 0.847. The second-order valence-electron chi connectivity index (χ2n) is 2.91. The maximum absolute atomic E-state index is 10.8. The Balaban J connectivity index is 4.06. The first-order valence-electron chi connectivity index (χ1n) is 3.88. The van der Waals surface area contributed by atoms with Crippen molar-refractivity contribution in [3.63, 3.8) is 0 Å². The summed E-state index contributed by atoms with van der Waals surface area (Å²) in [5.74, 6) is 0.581. The van der Waals surface area contributed by atoms with E-state index < -0.39 is 0 Å². The van der Waals surface area contributed by atoms with E-state index in [1.54, 1.807) is 6.92 Å². The molecule has 1 unspecified atom stereocenters. The lowest BCUT2D eigenvalue weighted by Gasteiger charge is -2.02. The average Bonchev–Trinajstić information content (AvgIpc) is 1.87. The molecule has 0 rings (SSSR count). The SMILES string of the molecule is C=CCC(C)/C=C(\C)C(C)=O. The average molecular weight is 152 g/mol. The Morgan fingerprint density at radius 1 is 1.55 bits per heavy atom. The molecule has 0 aliphatic carbocycles. The molecule has 1 nitrogen and oxygen atoms in total. The van der Waals surface area contributed by atoms with Crippen LogP contribution in [-0.4, -0.2) is 5.78 Å². The lowest BCUT2D eigenvalue weighted by molar-refractivity contribution is -0.113. The highest BCUT2D eigenvalue weighted by Crippen LogP contribution is 2.07. The third-order valence-electron chi connectivity index (χ3n) is 1.63. The topological polar surface area (TPSA) is 17.1 Å². The van der Waals surface area contributed by atoms with Crippen LogP contribution in [0.4, 0.5) is 0 Å². The van der Waals surface area contributed by atoms with E-state index in [1.165, 1.54) is 0 Å². The zero-order valence-electron chi connectivity index (χ0n) is 7.55. The van der Waals surface area contributed by atoms with Crippen LogP contribution in [0.1, 0.15) is 27.2 Å². The lowest BCUT2D eigenvalue weighted by atomic mass is 10.0. The van der Waals surface area contributed by atoms with Crippen LogP contribution >= 0.6 is 0 Å². The van der Waals surface area contributed by atoms with Crippen molar-refractivity contribution in [1.82, 2.24) is 0 Å². The van der Waals surface area contributed by atoms with Crippen molar-refractivity contribution in [1.29, 1.82) is 0 Å². The highest BCUT2D eigenvalue weighted by atomic mass is 16.1. The van der Waals surface area contributed by atoms with Gasteiger partial charge in [0.25, 0.3) is 0 Å². The molecule has 0 radical (unpaired) electrons. The van der Waals surface area contributed by atoms with Crippen molar-refractivity contribution in [2.75, 3.05) is 0 Å². The number of hydrogen-bond acceptors (Lipinski definition) is 1. The maximum atomic E-state index is 10.8. The zero-order valence-corrected chi connectivity index (χ0v) is 7.55. The highest BCUT2D eigenvalue weighted by Gasteiger charge is 1.99. The number of Topliss-reactive ketones (excluding diaryl/α,β-unsaturated/α-hetero) is 1. The number of hydrogen-bond donors (Lipinski definition) is 0. The van der Waals surface area contributed by atoms with Gasteiger partial charge in [0.05, 0.1) is 0 Å². The van der Waals surface area contributed by atoms with E-state index in [-0.39, 0.29) is 5.78 Å². The van der Waals surface area contributed by atoms with Gasteiger partial charge in [0.1, 0.15) is 0 Å². The molecule has 0 aromatic carbocycles. The summed E-state index contributed by atoms with van der Waals surface area (Å²) >= 11 is 0. The van der Waals surface area contributed by atoms with Gasteiger partial charge >= 0.3 is 0 Å². The highest BCUT2D eigenvalue weighted by molar-refractivity contribution is 5.92. The third kappa shape index (κ3) is 4.54. The molecular formula is C10H16O. The van der Waals surface area contributed by atoms with E-state index in [0.29, 0.717) is 5.92 Å². The van der Waals surface area contributed by atoms with Gasteiger partial charge in [-0.25, -0.2) is 0 Å². The van der Waals surface area contributed by atoms with E-state index >= 15 is 0 Å². The molecule has 0 aromatic rings. The fraction of sp³-hybridized carbons (Fsp3) is 0.500. The van der Waals surface area contributed by atoms with Crippen LogP contribution in [0, 0.1) is 5.92 Å². The molecule has 0 amide bonds. The first-order valence-corrected chi connectivity index (χ1v) is 3.88. The molecule has 0 spiro atoms. The molecule has 0 heterocycles. The minimum Gasteiger partial charge on any atom is -0.295 e. The van der Waals surface area contributed by atoms with Crippen LogP contribution in [0.5, 0.6) is 0 Å². The first-order chi connectivity index (χ1) is 5.07. The number of ketones is 1. The standard InChI is InChI=1S/C10H16O/c1-5-6-8(2)7-9(3)10(4)11/h5,7-8H,1,6H2,2-4H3/b9-7+. The first kappa shape index (κ1) is 10.2. The molecular weight excluding hydrogens is 136 g/mol. The van der Waals surface area contributed by atoms with Crippen LogP contribution < -0.4 is 0 Å². The Morgan fingerprint density at radius 2 is 2.09 bits per heavy atom. The van der Waals surface area contributed by atoms with E-state index in [2.05, 4.69) is 13.5 Å². The predicted molar refractivity (Wildman–Crippen MR) is 48.4 cm³/mol. The van der Waals surface area contributed by atoms with Gasteiger partial charge in [-0.05, 0) is 31.8 Å². The number of carbonyl (C=O) groups is 1. The molecule has 62 valence electrons. The minimum absolute atomic E-state index is 0.154. The Morgan fingerprint density at radius 3 is 2.45 bits per heavy atom. The van der Waals surface area contributed by atoms with Gasteiger partial charge < -0.3 is 0 Å². The fourth-order valence-corrected chi connectivity index (χ4v) is 0.875. The van der Waals surface area contributed by atoms with Crippen LogP contribution in [0.25, 0.3) is 0 Å². The summed E-state index contributed by atoms with van der Waals surface area (Å²) in [6.45, 7) is 9.15. The van der Waals surface area contributed by atoms with Gasteiger partial charge in [0.15, 0.2) is 5.78 Å². The van der Waals surface area contributed by atoms with E-state index in [4.69, 9.17) is 0 Å². The van der Waals surface area contributed by atoms with Crippen LogP contribution in [-0.2, 0) is 4.79 Å². The number of allylic oxidation sites excluding steroid dienone is 3. The van der Waals surface area contributed by atoms with Crippen LogP contribution in [0.3, 0.4) is 0 Å². The van der Waals surface area contributed by atoms with Gasteiger partial charge in [-0.15, -0.1) is 6.58 Å². The Bertz CT molecular complexity index is 177. The third-order valence-corrected chi connectivity index (χ3v) is 1.63. The zero-order chi connectivity index (χ0) is 8.85.